The molecule has 0 aliphatic rings. The summed E-state index contributed by atoms with van der Waals surface area (Å²) >= 11 is 0. The Morgan fingerprint density at radius 1 is 0.304 bits per heavy atom. The third kappa shape index (κ3) is 55.6. The molecule has 0 amide bonds. The molecule has 398 valence electrons. The molecule has 69 heavy (non-hydrogen) atoms. The summed E-state index contributed by atoms with van der Waals surface area (Å²) in [5.74, 6) is -0.928. The van der Waals surface area contributed by atoms with Gasteiger partial charge in [0, 0.05) is 19.3 Å². The Kier molecular flexibility index (Phi) is 54.8. The summed E-state index contributed by atoms with van der Waals surface area (Å²) in [5, 5.41) is 0. The van der Waals surface area contributed by atoms with Crippen LogP contribution in [0.2, 0.25) is 0 Å². The van der Waals surface area contributed by atoms with Gasteiger partial charge in [-0.25, -0.2) is 0 Å². The van der Waals surface area contributed by atoms with Crippen molar-refractivity contribution >= 4 is 17.9 Å². The molecule has 0 aromatic carbocycles. The van der Waals surface area contributed by atoms with Gasteiger partial charge in [-0.15, -0.1) is 0 Å². The quantitative estimate of drug-likeness (QED) is 0.0262. The predicted octanol–water partition coefficient (Wildman–Crippen LogP) is 19.8. The fourth-order valence-corrected chi connectivity index (χ4v) is 8.25. The minimum absolute atomic E-state index is 0.0902. The van der Waals surface area contributed by atoms with Crippen molar-refractivity contribution in [3.63, 3.8) is 0 Å². The van der Waals surface area contributed by atoms with Crippen molar-refractivity contribution in [2.24, 2.45) is 0 Å². The molecule has 1 unspecified atom stereocenters. The fourth-order valence-electron chi connectivity index (χ4n) is 8.25. The smallest absolute Gasteiger partial charge is 0.306 e. The molecule has 0 spiro atoms. The van der Waals surface area contributed by atoms with Gasteiger partial charge in [0.15, 0.2) is 6.10 Å². The molecule has 6 nitrogen and oxygen atoms in total. The Bertz CT molecular complexity index is 1290. The molecule has 0 radical (unpaired) electrons. The van der Waals surface area contributed by atoms with E-state index in [1.807, 2.05) is 0 Å². The molecule has 6 heteroatoms. The molecule has 0 aliphatic heterocycles. The molecular weight excluding hydrogens is 853 g/mol. The lowest BCUT2D eigenvalue weighted by Gasteiger charge is -2.18. The summed E-state index contributed by atoms with van der Waals surface area (Å²) in [4.78, 5) is 38.1. The van der Waals surface area contributed by atoms with Crippen molar-refractivity contribution in [2.45, 2.75) is 297 Å². The highest BCUT2D eigenvalue weighted by Crippen LogP contribution is 2.15. The zero-order chi connectivity index (χ0) is 50.0. The van der Waals surface area contributed by atoms with Crippen LogP contribution < -0.4 is 0 Å². The third-order valence-corrected chi connectivity index (χ3v) is 12.7. The maximum Gasteiger partial charge on any atom is 0.306 e. The van der Waals surface area contributed by atoms with E-state index in [1.165, 1.54) is 141 Å². The molecule has 0 rings (SSSR count). The fraction of sp³-hybridized carbons (Fsp3) is 0.762. The van der Waals surface area contributed by atoms with E-state index in [0.29, 0.717) is 19.3 Å². The number of carbonyl (C=O) groups excluding carboxylic acids is 3. The number of allylic oxidation sites excluding steroid dienone is 12. The Hall–Kier alpha value is -3.15. The maximum atomic E-state index is 12.8. The first-order chi connectivity index (χ1) is 34.0. The van der Waals surface area contributed by atoms with E-state index in [9.17, 15) is 14.4 Å². The van der Waals surface area contributed by atoms with Crippen LogP contribution in [0, 0.1) is 0 Å². The number of hydrogen-bond acceptors (Lipinski definition) is 6. The van der Waals surface area contributed by atoms with Crippen LogP contribution in [0.4, 0.5) is 0 Å². The van der Waals surface area contributed by atoms with Gasteiger partial charge in [-0.2, -0.15) is 0 Å². The first-order valence-electron chi connectivity index (χ1n) is 29.4. The number of esters is 3. The SMILES string of the molecule is CC/C=C\C/C=C\C/C=C\CCCCCC(=O)OCC(COC(=O)CCCCCCCCCCCCC/C=C\CCCCCCCCCC)OC(=O)CCCCCCC/C=C\C/C=C\CCCCC. The van der Waals surface area contributed by atoms with Crippen LogP contribution >= 0.6 is 0 Å². The Labute approximate surface area is 427 Å². The van der Waals surface area contributed by atoms with E-state index in [-0.39, 0.29) is 31.1 Å². The molecule has 0 heterocycles. The van der Waals surface area contributed by atoms with E-state index in [1.54, 1.807) is 0 Å². The lowest BCUT2D eigenvalue weighted by molar-refractivity contribution is -0.167. The Balaban J connectivity index is 4.33. The topological polar surface area (TPSA) is 78.9 Å². The second-order valence-corrected chi connectivity index (χ2v) is 19.5. The highest BCUT2D eigenvalue weighted by atomic mass is 16.6. The van der Waals surface area contributed by atoms with Crippen LogP contribution in [-0.4, -0.2) is 37.2 Å². The normalized spacial score (nSPS) is 12.6. The van der Waals surface area contributed by atoms with Crippen LogP contribution in [0.1, 0.15) is 290 Å². The second kappa shape index (κ2) is 57.4. The molecule has 0 N–H and O–H groups in total. The van der Waals surface area contributed by atoms with Gasteiger partial charge in [0.1, 0.15) is 13.2 Å². The Morgan fingerprint density at radius 3 is 0.942 bits per heavy atom. The standard InChI is InChI=1S/C63H110O6/c1-4-7-10-13-16-19-22-25-27-28-29-30-31-32-33-34-36-38-41-44-47-50-53-56-62(65)68-59-60(58-67-61(64)55-52-49-46-43-40-37-24-21-18-15-12-9-6-3)69-63(66)57-54-51-48-45-42-39-35-26-23-20-17-14-11-8-5-2/h9,12,17-18,20-21,26,28-29,35,37,40,60H,4-8,10-11,13-16,19,22-25,27,30-34,36,38-39,41-59H2,1-3H3/b12-9-,20-17-,21-18-,29-28-,35-26-,40-37-. The van der Waals surface area contributed by atoms with E-state index in [4.69, 9.17) is 14.2 Å². The second-order valence-electron chi connectivity index (χ2n) is 19.5. The molecule has 0 bridgehead atoms. The van der Waals surface area contributed by atoms with E-state index in [2.05, 4.69) is 93.7 Å². The van der Waals surface area contributed by atoms with Gasteiger partial charge in [0.2, 0.25) is 0 Å². The molecule has 0 fully saturated rings. The van der Waals surface area contributed by atoms with Crippen LogP contribution in [-0.2, 0) is 28.6 Å². The number of ether oxygens (including phenoxy) is 3. The van der Waals surface area contributed by atoms with Gasteiger partial charge >= 0.3 is 17.9 Å². The number of unbranched alkanes of at least 4 members (excludes halogenated alkanes) is 30. The minimum Gasteiger partial charge on any atom is -0.462 e. The minimum atomic E-state index is -0.795. The molecule has 0 aromatic rings. The van der Waals surface area contributed by atoms with Crippen molar-refractivity contribution < 1.29 is 28.6 Å². The molecule has 0 aliphatic carbocycles. The van der Waals surface area contributed by atoms with Gasteiger partial charge < -0.3 is 14.2 Å². The lowest BCUT2D eigenvalue weighted by Crippen LogP contribution is -2.30. The predicted molar refractivity (Wildman–Crippen MR) is 298 cm³/mol. The van der Waals surface area contributed by atoms with Crippen LogP contribution in [0.3, 0.4) is 0 Å². The van der Waals surface area contributed by atoms with Crippen LogP contribution in [0.5, 0.6) is 0 Å². The van der Waals surface area contributed by atoms with Gasteiger partial charge in [-0.3, -0.25) is 14.4 Å². The van der Waals surface area contributed by atoms with Crippen molar-refractivity contribution in [2.75, 3.05) is 13.2 Å². The van der Waals surface area contributed by atoms with Gasteiger partial charge in [0.25, 0.3) is 0 Å². The highest BCUT2D eigenvalue weighted by Gasteiger charge is 2.19. The van der Waals surface area contributed by atoms with Crippen molar-refractivity contribution in [1.29, 1.82) is 0 Å². The summed E-state index contributed by atoms with van der Waals surface area (Å²) in [5.41, 5.74) is 0. The first-order valence-corrected chi connectivity index (χ1v) is 29.4. The van der Waals surface area contributed by atoms with Crippen molar-refractivity contribution in [1.82, 2.24) is 0 Å². The molecule has 0 aromatic heterocycles. The van der Waals surface area contributed by atoms with Gasteiger partial charge in [-0.1, -0.05) is 235 Å². The largest absolute Gasteiger partial charge is 0.462 e. The summed E-state index contributed by atoms with van der Waals surface area (Å²) in [6.07, 6.45) is 73.3. The summed E-state index contributed by atoms with van der Waals surface area (Å²) in [7, 11) is 0. The number of hydrogen-bond donors (Lipinski definition) is 0. The first kappa shape index (κ1) is 65.8. The lowest BCUT2D eigenvalue weighted by atomic mass is 10.0. The van der Waals surface area contributed by atoms with E-state index in [0.717, 1.165) is 109 Å². The monoisotopic (exact) mass is 963 g/mol. The average molecular weight is 964 g/mol. The van der Waals surface area contributed by atoms with Gasteiger partial charge in [-0.05, 0) is 109 Å². The van der Waals surface area contributed by atoms with Crippen LogP contribution in [0.25, 0.3) is 0 Å². The van der Waals surface area contributed by atoms with E-state index >= 15 is 0 Å². The molecule has 0 saturated carbocycles. The number of carbonyl (C=O) groups is 3. The summed E-state index contributed by atoms with van der Waals surface area (Å²) in [6, 6.07) is 0. The van der Waals surface area contributed by atoms with E-state index < -0.39 is 6.10 Å². The maximum absolute atomic E-state index is 12.8. The number of rotatable bonds is 53. The molecule has 1 atom stereocenters. The van der Waals surface area contributed by atoms with Gasteiger partial charge in [0.05, 0.1) is 0 Å². The molecule has 0 saturated heterocycles. The zero-order valence-electron chi connectivity index (χ0n) is 45.6. The third-order valence-electron chi connectivity index (χ3n) is 12.7. The zero-order valence-corrected chi connectivity index (χ0v) is 45.6. The van der Waals surface area contributed by atoms with Crippen LogP contribution in [0.15, 0.2) is 72.9 Å². The summed E-state index contributed by atoms with van der Waals surface area (Å²) in [6.45, 7) is 6.48. The van der Waals surface area contributed by atoms with Crippen molar-refractivity contribution in [3.8, 4) is 0 Å². The van der Waals surface area contributed by atoms with Crippen molar-refractivity contribution in [3.05, 3.63) is 72.9 Å². The summed E-state index contributed by atoms with van der Waals surface area (Å²) < 4.78 is 16.8. The highest BCUT2D eigenvalue weighted by molar-refractivity contribution is 5.71. The average Bonchev–Trinajstić information content (AvgIpc) is 3.35. The Morgan fingerprint density at radius 2 is 0.565 bits per heavy atom. The molecular formula is C63H110O6.